The van der Waals surface area contributed by atoms with Crippen molar-refractivity contribution in [2.24, 2.45) is 0 Å². The van der Waals surface area contributed by atoms with E-state index in [4.69, 9.17) is 4.74 Å². The molecule has 0 aliphatic heterocycles. The summed E-state index contributed by atoms with van der Waals surface area (Å²) in [6.07, 6.45) is 3.62. The van der Waals surface area contributed by atoms with E-state index in [2.05, 4.69) is 26.3 Å². The summed E-state index contributed by atoms with van der Waals surface area (Å²) in [6, 6.07) is 4.02. The molecular weight excluding hydrogens is 356 g/mol. The van der Waals surface area contributed by atoms with E-state index in [1.807, 2.05) is 0 Å². The quantitative estimate of drug-likeness (QED) is 0.623. The Hall–Kier alpha value is -2.42. The third kappa shape index (κ3) is 4.04. The molecule has 0 radical (unpaired) electrons. The summed E-state index contributed by atoms with van der Waals surface area (Å²) < 4.78 is 7.53. The molecule has 0 fully saturated rings. The number of aromatic nitrogens is 2. The van der Waals surface area contributed by atoms with Crippen molar-refractivity contribution in [2.45, 2.75) is 13.0 Å². The number of ether oxygens (including phenoxy) is 1. The van der Waals surface area contributed by atoms with Gasteiger partial charge in [-0.05, 0) is 22.0 Å². The number of nitro benzene ring substituents is 1. The molecule has 1 heterocycles. The molecular formula is C13H13BrN4O4. The number of nitrogens with one attached hydrogen (secondary N) is 1. The predicted molar refractivity (Wildman–Crippen MR) is 82.8 cm³/mol. The number of non-ortho nitro benzene ring substituents is 1. The van der Waals surface area contributed by atoms with Crippen molar-refractivity contribution in [3.8, 4) is 5.75 Å². The van der Waals surface area contributed by atoms with E-state index < -0.39 is 4.92 Å². The lowest BCUT2D eigenvalue weighted by molar-refractivity contribution is -0.384. The molecule has 0 saturated carbocycles. The number of amides is 1. The molecule has 0 atom stereocenters. The zero-order valence-electron chi connectivity index (χ0n) is 11.7. The van der Waals surface area contributed by atoms with Gasteiger partial charge in [0.25, 0.3) is 5.69 Å². The van der Waals surface area contributed by atoms with E-state index in [1.54, 1.807) is 17.1 Å². The average Bonchev–Trinajstić information content (AvgIpc) is 2.91. The van der Waals surface area contributed by atoms with E-state index in [9.17, 15) is 14.9 Å². The first-order valence-corrected chi connectivity index (χ1v) is 7.09. The van der Waals surface area contributed by atoms with Crippen LogP contribution in [-0.2, 0) is 11.3 Å². The molecule has 1 amide bonds. The van der Waals surface area contributed by atoms with Gasteiger partial charge in [-0.15, -0.1) is 0 Å². The normalized spacial score (nSPS) is 10.3. The van der Waals surface area contributed by atoms with Crippen molar-refractivity contribution in [1.82, 2.24) is 9.78 Å². The first-order valence-electron chi connectivity index (χ1n) is 6.30. The number of methoxy groups -OCH3 is 1. The van der Waals surface area contributed by atoms with Crippen LogP contribution in [0.1, 0.15) is 6.42 Å². The summed E-state index contributed by atoms with van der Waals surface area (Å²) in [6.45, 7) is 0.423. The Balaban J connectivity index is 2.00. The van der Waals surface area contributed by atoms with E-state index in [0.29, 0.717) is 12.2 Å². The van der Waals surface area contributed by atoms with Crippen LogP contribution in [-0.4, -0.2) is 27.7 Å². The Morgan fingerprint density at radius 3 is 2.91 bits per heavy atom. The maximum atomic E-state index is 11.9. The van der Waals surface area contributed by atoms with Gasteiger partial charge in [0, 0.05) is 25.2 Å². The monoisotopic (exact) mass is 368 g/mol. The summed E-state index contributed by atoms with van der Waals surface area (Å²) in [7, 11) is 1.38. The molecule has 116 valence electrons. The molecule has 1 aromatic heterocycles. The summed E-state index contributed by atoms with van der Waals surface area (Å²) in [5.74, 6) is 0.00293. The molecule has 0 bridgehead atoms. The van der Waals surface area contributed by atoms with Gasteiger partial charge in [0.2, 0.25) is 5.91 Å². The van der Waals surface area contributed by atoms with Crippen LogP contribution in [0.5, 0.6) is 5.75 Å². The number of rotatable bonds is 6. The molecule has 0 spiro atoms. The average molecular weight is 369 g/mol. The highest BCUT2D eigenvalue weighted by molar-refractivity contribution is 9.10. The number of benzene rings is 1. The number of nitrogens with zero attached hydrogens (tertiary/aromatic N) is 3. The fourth-order valence-corrected chi connectivity index (χ4v) is 2.11. The third-order valence-electron chi connectivity index (χ3n) is 2.84. The fraction of sp³-hybridized carbons (Fsp3) is 0.231. The molecule has 1 aromatic carbocycles. The van der Waals surface area contributed by atoms with Gasteiger partial charge in [0.1, 0.15) is 5.75 Å². The van der Waals surface area contributed by atoms with Crippen molar-refractivity contribution in [3.63, 3.8) is 0 Å². The Morgan fingerprint density at radius 1 is 1.55 bits per heavy atom. The minimum atomic E-state index is -0.524. The lowest BCUT2D eigenvalue weighted by Crippen LogP contribution is -2.15. The van der Waals surface area contributed by atoms with Crippen molar-refractivity contribution in [1.29, 1.82) is 0 Å². The second-order valence-corrected chi connectivity index (χ2v) is 5.28. The lowest BCUT2D eigenvalue weighted by Gasteiger charge is -2.10. The van der Waals surface area contributed by atoms with Crippen molar-refractivity contribution in [2.75, 3.05) is 12.4 Å². The van der Waals surface area contributed by atoms with Gasteiger partial charge in [-0.3, -0.25) is 19.6 Å². The van der Waals surface area contributed by atoms with E-state index in [-0.39, 0.29) is 23.8 Å². The van der Waals surface area contributed by atoms with Crippen LogP contribution in [0.15, 0.2) is 35.1 Å². The molecule has 0 saturated heterocycles. The van der Waals surface area contributed by atoms with Gasteiger partial charge in [-0.25, -0.2) is 0 Å². The number of halogens is 1. The van der Waals surface area contributed by atoms with Crippen LogP contribution in [0, 0.1) is 10.1 Å². The van der Waals surface area contributed by atoms with Gasteiger partial charge in [-0.2, -0.15) is 5.10 Å². The van der Waals surface area contributed by atoms with Gasteiger partial charge < -0.3 is 10.1 Å². The minimum Gasteiger partial charge on any atom is -0.494 e. The largest absolute Gasteiger partial charge is 0.494 e. The van der Waals surface area contributed by atoms with E-state index in [1.165, 1.54) is 25.3 Å². The summed E-state index contributed by atoms with van der Waals surface area (Å²) in [4.78, 5) is 22.1. The van der Waals surface area contributed by atoms with Crippen LogP contribution >= 0.6 is 15.9 Å². The highest BCUT2D eigenvalue weighted by Crippen LogP contribution is 2.29. The number of carbonyl (C=O) groups is 1. The van der Waals surface area contributed by atoms with E-state index in [0.717, 1.165) is 4.47 Å². The number of carbonyl (C=O) groups excluding carboxylic acids is 1. The Morgan fingerprint density at radius 2 is 2.32 bits per heavy atom. The zero-order valence-corrected chi connectivity index (χ0v) is 13.2. The van der Waals surface area contributed by atoms with Crippen molar-refractivity contribution in [3.05, 3.63) is 45.2 Å². The van der Waals surface area contributed by atoms with Crippen LogP contribution in [0.2, 0.25) is 0 Å². The SMILES string of the molecule is COc1cc([N+](=O)[O-])ccc1NC(=O)CCn1cc(Br)cn1. The van der Waals surface area contributed by atoms with Gasteiger partial charge in [0.15, 0.2) is 0 Å². The molecule has 9 heteroatoms. The minimum absolute atomic E-state index is 0.101. The maximum Gasteiger partial charge on any atom is 0.273 e. The number of nitro groups is 1. The maximum absolute atomic E-state index is 11.9. The number of anilines is 1. The molecule has 0 aliphatic rings. The third-order valence-corrected chi connectivity index (χ3v) is 3.25. The van der Waals surface area contributed by atoms with Gasteiger partial charge >= 0.3 is 0 Å². The Labute approximate surface area is 134 Å². The van der Waals surface area contributed by atoms with Crippen LogP contribution in [0.4, 0.5) is 11.4 Å². The topological polar surface area (TPSA) is 99.3 Å². The molecule has 8 nitrogen and oxygen atoms in total. The first-order chi connectivity index (χ1) is 10.5. The van der Waals surface area contributed by atoms with Crippen molar-refractivity contribution < 1.29 is 14.5 Å². The van der Waals surface area contributed by atoms with Crippen molar-refractivity contribution >= 4 is 33.2 Å². The molecule has 1 N–H and O–H groups in total. The lowest BCUT2D eigenvalue weighted by atomic mass is 10.2. The van der Waals surface area contributed by atoms with Gasteiger partial charge in [0.05, 0.1) is 34.5 Å². The predicted octanol–water partition coefficient (Wildman–Crippen LogP) is 2.59. The molecule has 22 heavy (non-hydrogen) atoms. The fourth-order valence-electron chi connectivity index (χ4n) is 1.79. The molecule has 2 rings (SSSR count). The Kier molecular flexibility index (Phi) is 5.10. The van der Waals surface area contributed by atoms with Crippen LogP contribution in [0.3, 0.4) is 0 Å². The second kappa shape index (κ2) is 7.03. The zero-order chi connectivity index (χ0) is 16.1. The smallest absolute Gasteiger partial charge is 0.273 e. The number of hydrogen-bond acceptors (Lipinski definition) is 5. The van der Waals surface area contributed by atoms with E-state index >= 15 is 0 Å². The molecule has 2 aromatic rings. The summed E-state index contributed by atoms with van der Waals surface area (Å²) in [5.41, 5.74) is 0.288. The number of hydrogen-bond donors (Lipinski definition) is 1. The van der Waals surface area contributed by atoms with Crippen LogP contribution < -0.4 is 10.1 Å². The van der Waals surface area contributed by atoms with Gasteiger partial charge in [-0.1, -0.05) is 0 Å². The first kappa shape index (κ1) is 16.0. The van der Waals surface area contributed by atoms with Crippen LogP contribution in [0.25, 0.3) is 0 Å². The highest BCUT2D eigenvalue weighted by atomic mass is 79.9. The standard InChI is InChI=1S/C13H13BrN4O4/c1-22-12-6-10(18(20)21)2-3-11(12)16-13(19)4-5-17-8-9(14)7-15-17/h2-3,6-8H,4-5H2,1H3,(H,16,19). The number of aryl methyl sites for hydroxylation is 1. The Bertz CT molecular complexity index is 701. The summed E-state index contributed by atoms with van der Waals surface area (Å²) >= 11 is 3.27. The highest BCUT2D eigenvalue weighted by Gasteiger charge is 2.13. The molecule has 0 unspecified atom stereocenters. The summed E-state index contributed by atoms with van der Waals surface area (Å²) in [5, 5.41) is 17.4. The second-order valence-electron chi connectivity index (χ2n) is 4.36. The molecule has 0 aliphatic carbocycles.